The summed E-state index contributed by atoms with van der Waals surface area (Å²) in [5.74, 6) is 0.515. The van der Waals surface area contributed by atoms with Crippen LogP contribution in [0.15, 0.2) is 0 Å². The van der Waals surface area contributed by atoms with E-state index in [1.807, 2.05) is 6.92 Å². The molecular weight excluding hydrogens is 390 g/mol. The van der Waals surface area contributed by atoms with Crippen LogP contribution in [-0.4, -0.2) is 74.7 Å². The minimum atomic E-state index is -0.391. The first kappa shape index (κ1) is 33.4. The van der Waals surface area contributed by atoms with Crippen molar-refractivity contribution in [3.8, 4) is 0 Å². The van der Waals surface area contributed by atoms with Gasteiger partial charge in [0.15, 0.2) is 0 Å². The first-order valence-electron chi connectivity index (χ1n) is 10.6. The van der Waals surface area contributed by atoms with Gasteiger partial charge in [0.1, 0.15) is 17.3 Å². The molecule has 0 fully saturated rings. The molecule has 2 atom stereocenters. The molecule has 2 unspecified atom stereocenters. The molecule has 0 heterocycles. The van der Waals surface area contributed by atoms with E-state index in [0.29, 0.717) is 32.7 Å². The highest BCUT2D eigenvalue weighted by molar-refractivity contribution is 5.77. The second-order valence-electron chi connectivity index (χ2n) is 7.27. The Morgan fingerprint density at radius 3 is 1.50 bits per heavy atom. The molecule has 8 heteroatoms. The normalized spacial score (nSPS) is 12.0. The van der Waals surface area contributed by atoms with Crippen molar-refractivity contribution in [3.63, 3.8) is 0 Å². The number of hydrogen-bond acceptors (Lipinski definition) is 8. The molecule has 0 aliphatic heterocycles. The molecule has 0 aromatic rings. The average Bonchev–Trinajstić information content (AvgIpc) is 2.67. The molecular formula is C22H45NO7. The van der Waals surface area contributed by atoms with Crippen molar-refractivity contribution >= 4 is 17.3 Å². The van der Waals surface area contributed by atoms with Crippen molar-refractivity contribution in [1.29, 1.82) is 0 Å². The number of aliphatic hydroxyl groups excluding tert-OH is 1. The minimum absolute atomic E-state index is 0.0324. The molecule has 30 heavy (non-hydrogen) atoms. The molecule has 0 amide bonds. The smallest absolute Gasteiger partial charge is 0.143 e. The lowest BCUT2D eigenvalue weighted by Gasteiger charge is -2.09. The Morgan fingerprint density at radius 1 is 0.800 bits per heavy atom. The van der Waals surface area contributed by atoms with Crippen molar-refractivity contribution < 1.29 is 33.7 Å². The lowest BCUT2D eigenvalue weighted by atomic mass is 10.2. The number of ketones is 3. The predicted molar refractivity (Wildman–Crippen MR) is 119 cm³/mol. The SMILES string of the molecule is CC(=O)CCCCOCC(C)O.CC(=O)CN.COC(C)COCCCCC(C)=O. The van der Waals surface area contributed by atoms with Crippen LogP contribution in [0.5, 0.6) is 0 Å². The first-order valence-corrected chi connectivity index (χ1v) is 10.6. The van der Waals surface area contributed by atoms with E-state index in [0.717, 1.165) is 32.3 Å². The third kappa shape index (κ3) is 41.2. The van der Waals surface area contributed by atoms with Crippen LogP contribution in [0.3, 0.4) is 0 Å². The van der Waals surface area contributed by atoms with E-state index in [1.165, 1.54) is 6.92 Å². The number of carbonyl (C=O) groups is 3. The maximum Gasteiger partial charge on any atom is 0.143 e. The molecule has 0 aromatic carbocycles. The standard InChI is InChI=1S/C10H20O3.C9H18O3.C3H7NO/c1-9(11)6-4-5-7-13-8-10(2)12-3;1-8(10)5-3-4-6-12-7-9(2)11;1-3(5)2-4/h10H,4-8H2,1-3H3;9,11H,3-7H2,1-2H3;2,4H2,1H3. The summed E-state index contributed by atoms with van der Waals surface area (Å²) < 4.78 is 15.5. The van der Waals surface area contributed by atoms with Crippen LogP contribution in [0.4, 0.5) is 0 Å². The van der Waals surface area contributed by atoms with Crippen LogP contribution in [-0.2, 0) is 28.6 Å². The van der Waals surface area contributed by atoms with Gasteiger partial charge in [-0.05, 0) is 60.3 Å². The zero-order valence-corrected chi connectivity index (χ0v) is 19.9. The van der Waals surface area contributed by atoms with E-state index in [4.69, 9.17) is 25.1 Å². The minimum Gasteiger partial charge on any atom is -0.391 e. The number of rotatable bonds is 16. The van der Waals surface area contributed by atoms with E-state index < -0.39 is 6.10 Å². The van der Waals surface area contributed by atoms with E-state index in [-0.39, 0.29) is 30.0 Å². The summed E-state index contributed by atoms with van der Waals surface area (Å²) in [5, 5.41) is 8.82. The van der Waals surface area contributed by atoms with Crippen molar-refractivity contribution in [1.82, 2.24) is 0 Å². The number of hydrogen-bond donors (Lipinski definition) is 2. The van der Waals surface area contributed by atoms with E-state index in [1.54, 1.807) is 27.9 Å². The average molecular weight is 436 g/mol. The monoisotopic (exact) mass is 435 g/mol. The van der Waals surface area contributed by atoms with Gasteiger partial charge in [-0.3, -0.25) is 4.79 Å². The zero-order valence-electron chi connectivity index (χ0n) is 19.9. The van der Waals surface area contributed by atoms with Crippen LogP contribution in [0, 0.1) is 0 Å². The highest BCUT2D eigenvalue weighted by atomic mass is 16.5. The Morgan fingerprint density at radius 2 is 1.20 bits per heavy atom. The van der Waals surface area contributed by atoms with Gasteiger partial charge in [-0.25, -0.2) is 0 Å². The topological polar surface area (TPSA) is 125 Å². The maximum atomic E-state index is 10.6. The number of aliphatic hydroxyl groups is 1. The second-order valence-corrected chi connectivity index (χ2v) is 7.27. The molecule has 0 saturated carbocycles. The van der Waals surface area contributed by atoms with Gasteiger partial charge in [0.25, 0.3) is 0 Å². The molecule has 0 radical (unpaired) electrons. The molecule has 180 valence electrons. The third-order valence-corrected chi connectivity index (χ3v) is 3.54. The Hall–Kier alpha value is -1.19. The molecule has 0 aromatic heterocycles. The van der Waals surface area contributed by atoms with Crippen LogP contribution in [0.2, 0.25) is 0 Å². The Labute approximate surface area is 182 Å². The first-order chi connectivity index (χ1) is 14.1. The number of unbranched alkanes of at least 4 members (excludes halogenated alkanes) is 2. The van der Waals surface area contributed by atoms with Crippen LogP contribution >= 0.6 is 0 Å². The van der Waals surface area contributed by atoms with Crippen molar-refractivity contribution in [3.05, 3.63) is 0 Å². The Balaban J connectivity index is -0.000000399. The van der Waals surface area contributed by atoms with E-state index in [9.17, 15) is 14.4 Å². The summed E-state index contributed by atoms with van der Waals surface area (Å²) in [4.78, 5) is 30.8. The summed E-state index contributed by atoms with van der Waals surface area (Å²) in [6.07, 6.45) is 4.74. The molecule has 3 N–H and O–H groups in total. The molecule has 0 bridgehead atoms. The van der Waals surface area contributed by atoms with Gasteiger partial charge in [-0.15, -0.1) is 0 Å². The van der Waals surface area contributed by atoms with Gasteiger partial charge < -0.3 is 34.6 Å². The number of ether oxygens (including phenoxy) is 3. The molecule has 0 spiro atoms. The molecule has 0 aliphatic rings. The van der Waals surface area contributed by atoms with E-state index in [2.05, 4.69) is 0 Å². The summed E-state index contributed by atoms with van der Waals surface area (Å²) in [5.41, 5.74) is 4.82. The fourth-order valence-electron chi connectivity index (χ4n) is 1.73. The largest absolute Gasteiger partial charge is 0.391 e. The Kier molecular flexibility index (Phi) is 28.8. The highest BCUT2D eigenvalue weighted by Gasteiger charge is 1.99. The molecule has 0 aliphatic carbocycles. The number of nitrogens with two attached hydrogens (primary N) is 1. The lowest BCUT2D eigenvalue weighted by molar-refractivity contribution is -0.118. The highest BCUT2D eigenvalue weighted by Crippen LogP contribution is 1.98. The molecule has 0 rings (SSSR count). The third-order valence-electron chi connectivity index (χ3n) is 3.54. The lowest BCUT2D eigenvalue weighted by Crippen LogP contribution is -2.14. The van der Waals surface area contributed by atoms with Crippen LogP contribution in [0.1, 0.15) is 73.1 Å². The van der Waals surface area contributed by atoms with Gasteiger partial charge in [0.05, 0.1) is 32.0 Å². The fourth-order valence-corrected chi connectivity index (χ4v) is 1.73. The van der Waals surface area contributed by atoms with Crippen LogP contribution < -0.4 is 5.73 Å². The van der Waals surface area contributed by atoms with Gasteiger partial charge in [-0.2, -0.15) is 0 Å². The van der Waals surface area contributed by atoms with Gasteiger partial charge in [0, 0.05) is 33.2 Å². The number of methoxy groups -OCH3 is 1. The van der Waals surface area contributed by atoms with Crippen molar-refractivity contribution in [2.24, 2.45) is 5.73 Å². The summed E-state index contributed by atoms with van der Waals surface area (Å²) in [6, 6.07) is 0. The van der Waals surface area contributed by atoms with Gasteiger partial charge in [-0.1, -0.05) is 0 Å². The fraction of sp³-hybridized carbons (Fsp3) is 0.864. The number of Topliss-reactive ketones (excluding diaryl/α,β-unsaturated/α-hetero) is 3. The second kappa shape index (κ2) is 25.8. The molecule has 8 nitrogen and oxygen atoms in total. The Bertz CT molecular complexity index is 414. The van der Waals surface area contributed by atoms with Gasteiger partial charge in [0.2, 0.25) is 0 Å². The maximum absolute atomic E-state index is 10.6. The summed E-state index contributed by atoms with van der Waals surface area (Å²) in [7, 11) is 1.67. The predicted octanol–water partition coefficient (Wildman–Crippen LogP) is 2.47. The van der Waals surface area contributed by atoms with Crippen molar-refractivity contribution in [2.45, 2.75) is 85.4 Å². The summed E-state index contributed by atoms with van der Waals surface area (Å²) >= 11 is 0. The van der Waals surface area contributed by atoms with Crippen molar-refractivity contribution in [2.75, 3.05) is 40.1 Å². The van der Waals surface area contributed by atoms with Gasteiger partial charge >= 0.3 is 0 Å². The quantitative estimate of drug-likeness (QED) is 0.354. The zero-order chi connectivity index (χ0) is 23.8. The molecule has 0 saturated heterocycles. The summed E-state index contributed by atoms with van der Waals surface area (Å²) in [6.45, 7) is 10.9. The van der Waals surface area contributed by atoms with Crippen LogP contribution in [0.25, 0.3) is 0 Å². The number of carbonyl (C=O) groups excluding carboxylic acids is 3. The van der Waals surface area contributed by atoms with E-state index >= 15 is 0 Å².